The van der Waals surface area contributed by atoms with Gasteiger partial charge in [-0.3, -0.25) is 14.5 Å². The van der Waals surface area contributed by atoms with Gasteiger partial charge in [0.05, 0.1) is 0 Å². The highest BCUT2D eigenvalue weighted by molar-refractivity contribution is 6.12. The summed E-state index contributed by atoms with van der Waals surface area (Å²) in [5.74, 6) is 0.893. The largest absolute Gasteiger partial charge is 0.275 e. The summed E-state index contributed by atoms with van der Waals surface area (Å²) in [4.78, 5) is 23.7. The highest BCUT2D eigenvalue weighted by atomic mass is 16.2. The quantitative estimate of drug-likeness (QED) is 0.605. The Morgan fingerprint density at radius 2 is 1.92 bits per heavy atom. The van der Waals surface area contributed by atoms with Gasteiger partial charge in [0, 0.05) is 18.7 Å². The summed E-state index contributed by atoms with van der Waals surface area (Å²) in [5, 5.41) is 0. The lowest BCUT2D eigenvalue weighted by Crippen LogP contribution is -2.34. The van der Waals surface area contributed by atoms with Gasteiger partial charge in [0.2, 0.25) is 0 Å². The maximum atomic E-state index is 11.2. The van der Waals surface area contributed by atoms with Gasteiger partial charge in [-0.05, 0) is 24.7 Å². The second kappa shape index (κ2) is 2.98. The van der Waals surface area contributed by atoms with Crippen molar-refractivity contribution < 1.29 is 9.59 Å². The Hall–Kier alpha value is -1.12. The van der Waals surface area contributed by atoms with Crippen LogP contribution in [0.2, 0.25) is 0 Å². The molecule has 3 heteroatoms. The van der Waals surface area contributed by atoms with Gasteiger partial charge in [0.15, 0.2) is 0 Å². The van der Waals surface area contributed by atoms with Crippen molar-refractivity contribution in [3.05, 3.63) is 12.2 Å². The molecule has 1 atom stereocenters. The number of carbonyl (C=O) groups excluding carboxylic acids is 2. The van der Waals surface area contributed by atoms with Crippen LogP contribution in [0.25, 0.3) is 0 Å². The van der Waals surface area contributed by atoms with Crippen LogP contribution < -0.4 is 0 Å². The van der Waals surface area contributed by atoms with Crippen molar-refractivity contribution in [2.24, 2.45) is 11.8 Å². The number of carbonyl (C=O) groups is 2. The SMILES string of the molecule is CC(CN1C(=O)C=CC1=O)C1CC1. The van der Waals surface area contributed by atoms with E-state index in [9.17, 15) is 9.59 Å². The average molecular weight is 179 g/mol. The Bertz CT molecular complexity index is 261. The van der Waals surface area contributed by atoms with Gasteiger partial charge < -0.3 is 0 Å². The summed E-state index contributed by atoms with van der Waals surface area (Å²) in [6.45, 7) is 2.70. The van der Waals surface area contributed by atoms with E-state index in [1.165, 1.54) is 29.9 Å². The first-order chi connectivity index (χ1) is 6.18. The normalized spacial score (nSPS) is 24.2. The van der Waals surface area contributed by atoms with E-state index in [0.29, 0.717) is 12.5 Å². The summed E-state index contributed by atoms with van der Waals surface area (Å²) in [5.41, 5.74) is 0. The lowest BCUT2D eigenvalue weighted by molar-refractivity contribution is -0.137. The molecule has 2 rings (SSSR count). The van der Waals surface area contributed by atoms with Crippen LogP contribution in [0.5, 0.6) is 0 Å². The Morgan fingerprint density at radius 3 is 2.38 bits per heavy atom. The predicted molar refractivity (Wildman–Crippen MR) is 47.7 cm³/mol. The van der Waals surface area contributed by atoms with Crippen molar-refractivity contribution >= 4 is 11.8 Å². The topological polar surface area (TPSA) is 37.4 Å². The molecule has 0 N–H and O–H groups in total. The fourth-order valence-corrected chi connectivity index (χ4v) is 1.71. The number of nitrogens with zero attached hydrogens (tertiary/aromatic N) is 1. The fraction of sp³-hybridized carbons (Fsp3) is 0.600. The van der Waals surface area contributed by atoms with Gasteiger partial charge >= 0.3 is 0 Å². The zero-order valence-electron chi connectivity index (χ0n) is 7.69. The van der Waals surface area contributed by atoms with E-state index in [4.69, 9.17) is 0 Å². The fourth-order valence-electron chi connectivity index (χ4n) is 1.71. The maximum absolute atomic E-state index is 11.2. The third-order valence-electron chi connectivity index (χ3n) is 2.80. The molecule has 0 aromatic carbocycles. The highest BCUT2D eigenvalue weighted by Gasteiger charge is 2.32. The Kier molecular flexibility index (Phi) is 1.94. The summed E-state index contributed by atoms with van der Waals surface area (Å²) >= 11 is 0. The van der Waals surface area contributed by atoms with Gasteiger partial charge in [0.25, 0.3) is 11.8 Å². The predicted octanol–water partition coefficient (Wildman–Crippen LogP) is 0.958. The molecule has 0 radical (unpaired) electrons. The molecule has 1 unspecified atom stereocenters. The van der Waals surface area contributed by atoms with Crippen molar-refractivity contribution in [3.8, 4) is 0 Å². The van der Waals surface area contributed by atoms with Crippen LogP contribution in [0.1, 0.15) is 19.8 Å². The van der Waals surface area contributed by atoms with Gasteiger partial charge in [-0.25, -0.2) is 0 Å². The molecule has 13 heavy (non-hydrogen) atoms. The third-order valence-corrected chi connectivity index (χ3v) is 2.80. The molecule has 70 valence electrons. The van der Waals surface area contributed by atoms with E-state index in [-0.39, 0.29) is 11.8 Å². The van der Waals surface area contributed by atoms with Gasteiger partial charge in [-0.1, -0.05) is 6.92 Å². The van der Waals surface area contributed by atoms with Crippen LogP contribution in [-0.2, 0) is 9.59 Å². The highest BCUT2D eigenvalue weighted by Crippen LogP contribution is 2.37. The van der Waals surface area contributed by atoms with E-state index < -0.39 is 0 Å². The molecular formula is C10H13NO2. The van der Waals surface area contributed by atoms with Crippen LogP contribution in [0.4, 0.5) is 0 Å². The van der Waals surface area contributed by atoms with E-state index in [0.717, 1.165) is 5.92 Å². The summed E-state index contributed by atoms with van der Waals surface area (Å²) in [6.07, 6.45) is 5.21. The molecule has 1 aliphatic heterocycles. The minimum Gasteiger partial charge on any atom is -0.275 e. The monoisotopic (exact) mass is 179 g/mol. The van der Waals surface area contributed by atoms with Crippen LogP contribution in [0.15, 0.2) is 12.2 Å². The minimum absolute atomic E-state index is 0.155. The molecule has 0 bridgehead atoms. The van der Waals surface area contributed by atoms with E-state index in [1.54, 1.807) is 0 Å². The summed E-state index contributed by atoms with van der Waals surface area (Å²) < 4.78 is 0. The van der Waals surface area contributed by atoms with E-state index >= 15 is 0 Å². The van der Waals surface area contributed by atoms with Crippen molar-refractivity contribution in [2.75, 3.05) is 6.54 Å². The molecule has 0 aromatic heterocycles. The summed E-state index contributed by atoms with van der Waals surface area (Å²) in [6, 6.07) is 0. The first kappa shape index (κ1) is 8.48. The molecule has 1 saturated carbocycles. The second-order valence-corrected chi connectivity index (χ2v) is 3.94. The number of hydrogen-bond donors (Lipinski definition) is 0. The van der Waals surface area contributed by atoms with Gasteiger partial charge in [0.1, 0.15) is 0 Å². The second-order valence-electron chi connectivity index (χ2n) is 3.94. The number of imide groups is 1. The summed E-state index contributed by atoms with van der Waals surface area (Å²) in [7, 11) is 0. The lowest BCUT2D eigenvalue weighted by atomic mass is 10.1. The molecule has 1 fully saturated rings. The lowest BCUT2D eigenvalue weighted by Gasteiger charge is -2.18. The third kappa shape index (κ3) is 1.64. The molecular weight excluding hydrogens is 166 g/mol. The molecule has 2 aliphatic rings. The minimum atomic E-state index is -0.155. The first-order valence-electron chi connectivity index (χ1n) is 4.72. The first-order valence-corrected chi connectivity index (χ1v) is 4.72. The number of rotatable bonds is 3. The number of amides is 2. The standard InChI is InChI=1S/C10H13NO2/c1-7(8-2-3-8)6-11-9(12)4-5-10(11)13/h4-5,7-8H,2-3,6H2,1H3. The molecule has 0 aromatic rings. The van der Waals surface area contributed by atoms with E-state index in [1.807, 2.05) is 0 Å². The zero-order chi connectivity index (χ0) is 9.42. The zero-order valence-corrected chi connectivity index (χ0v) is 7.69. The smallest absolute Gasteiger partial charge is 0.253 e. The van der Waals surface area contributed by atoms with Crippen LogP contribution in [0, 0.1) is 11.8 Å². The molecule has 0 spiro atoms. The molecule has 0 saturated heterocycles. The molecule has 3 nitrogen and oxygen atoms in total. The van der Waals surface area contributed by atoms with Gasteiger partial charge in [-0.2, -0.15) is 0 Å². The van der Waals surface area contributed by atoms with Crippen molar-refractivity contribution in [2.45, 2.75) is 19.8 Å². The Balaban J connectivity index is 1.93. The van der Waals surface area contributed by atoms with Crippen LogP contribution >= 0.6 is 0 Å². The van der Waals surface area contributed by atoms with Crippen LogP contribution in [0.3, 0.4) is 0 Å². The van der Waals surface area contributed by atoms with Crippen LogP contribution in [-0.4, -0.2) is 23.3 Å². The molecule has 2 amide bonds. The Labute approximate surface area is 77.4 Å². The molecule has 1 heterocycles. The van der Waals surface area contributed by atoms with Gasteiger partial charge in [-0.15, -0.1) is 0 Å². The maximum Gasteiger partial charge on any atom is 0.253 e. The van der Waals surface area contributed by atoms with E-state index in [2.05, 4.69) is 6.92 Å². The van der Waals surface area contributed by atoms with Crippen molar-refractivity contribution in [1.29, 1.82) is 0 Å². The Morgan fingerprint density at radius 1 is 1.38 bits per heavy atom. The van der Waals surface area contributed by atoms with Crippen molar-refractivity contribution in [1.82, 2.24) is 4.90 Å². The molecule has 1 aliphatic carbocycles. The number of hydrogen-bond acceptors (Lipinski definition) is 2. The van der Waals surface area contributed by atoms with Crippen molar-refractivity contribution in [3.63, 3.8) is 0 Å². The average Bonchev–Trinajstić information content (AvgIpc) is 2.88.